The Kier molecular flexibility index (Phi) is 5.28. The Morgan fingerprint density at radius 2 is 1.70 bits per heavy atom. The number of hydrogen-bond donors (Lipinski definition) is 0. The summed E-state index contributed by atoms with van der Waals surface area (Å²) in [7, 11) is -1.85. The van der Waals surface area contributed by atoms with Gasteiger partial charge in [-0.05, 0) is 42.0 Å². The second kappa shape index (κ2) is 6.04. The highest BCUT2D eigenvalue weighted by molar-refractivity contribution is 7.89. The average Bonchev–Trinajstić information content (AvgIpc) is 2.26. The summed E-state index contributed by atoms with van der Waals surface area (Å²) >= 11 is 5.88. The van der Waals surface area contributed by atoms with Crippen molar-refractivity contribution in [3.8, 4) is 0 Å². The van der Waals surface area contributed by atoms with Crippen LogP contribution in [0, 0.1) is 19.3 Å². The number of hydrogen-bond acceptors (Lipinski definition) is 2. The Morgan fingerprint density at radius 3 is 2.15 bits per heavy atom. The van der Waals surface area contributed by atoms with Crippen molar-refractivity contribution < 1.29 is 8.42 Å². The van der Waals surface area contributed by atoms with Gasteiger partial charge in [-0.25, -0.2) is 12.7 Å². The van der Waals surface area contributed by atoms with Crippen molar-refractivity contribution in [1.82, 2.24) is 4.31 Å². The highest BCUT2D eigenvalue weighted by Crippen LogP contribution is 2.26. The summed E-state index contributed by atoms with van der Waals surface area (Å²) in [5, 5.41) is 0. The van der Waals surface area contributed by atoms with Crippen LogP contribution in [-0.4, -0.2) is 26.3 Å². The lowest BCUT2D eigenvalue weighted by molar-refractivity contribution is 0.310. The molecule has 0 fully saturated rings. The first kappa shape index (κ1) is 17.5. The third-order valence-corrected chi connectivity index (χ3v) is 5.40. The van der Waals surface area contributed by atoms with Gasteiger partial charge in [0, 0.05) is 19.5 Å². The maximum atomic E-state index is 12.7. The van der Waals surface area contributed by atoms with Gasteiger partial charge in [0.25, 0.3) is 0 Å². The molecule has 0 radical (unpaired) electrons. The van der Waals surface area contributed by atoms with Gasteiger partial charge in [-0.1, -0.05) is 26.8 Å². The molecule has 114 valence electrons. The van der Waals surface area contributed by atoms with Gasteiger partial charge >= 0.3 is 0 Å². The molecular formula is C15H24ClNO2S. The molecule has 0 aliphatic carbocycles. The quantitative estimate of drug-likeness (QED) is 0.794. The Bertz CT molecular complexity index is 589. The molecule has 0 unspecified atom stereocenters. The maximum absolute atomic E-state index is 12.7. The number of rotatable bonds is 4. The Labute approximate surface area is 128 Å². The first-order chi connectivity index (χ1) is 8.99. The molecular weight excluding hydrogens is 294 g/mol. The molecule has 5 heteroatoms. The predicted octanol–water partition coefficient (Wildman–Crippen LogP) is 3.71. The van der Waals surface area contributed by atoms with E-state index in [0.29, 0.717) is 17.3 Å². The van der Waals surface area contributed by atoms with Gasteiger partial charge in [-0.3, -0.25) is 0 Å². The van der Waals surface area contributed by atoms with Crippen molar-refractivity contribution >= 4 is 21.6 Å². The van der Waals surface area contributed by atoms with Crippen LogP contribution in [0.1, 0.15) is 37.5 Å². The summed E-state index contributed by atoms with van der Waals surface area (Å²) < 4.78 is 26.8. The second-order valence-electron chi connectivity index (χ2n) is 6.50. The Morgan fingerprint density at radius 1 is 1.15 bits per heavy atom. The molecule has 0 heterocycles. The lowest BCUT2D eigenvalue weighted by Crippen LogP contribution is -2.35. The van der Waals surface area contributed by atoms with E-state index in [2.05, 4.69) is 0 Å². The maximum Gasteiger partial charge on any atom is 0.243 e. The first-order valence-corrected chi connectivity index (χ1v) is 8.59. The zero-order valence-electron chi connectivity index (χ0n) is 13.1. The molecule has 0 atom stereocenters. The minimum Gasteiger partial charge on any atom is -0.207 e. The fourth-order valence-electron chi connectivity index (χ4n) is 2.22. The molecule has 0 saturated carbocycles. The molecule has 0 aliphatic heterocycles. The molecule has 1 aromatic carbocycles. The van der Waals surface area contributed by atoms with Gasteiger partial charge in [-0.2, -0.15) is 0 Å². The predicted molar refractivity (Wildman–Crippen MR) is 84.7 cm³/mol. The van der Waals surface area contributed by atoms with E-state index in [1.807, 2.05) is 40.7 Å². The summed E-state index contributed by atoms with van der Waals surface area (Å²) in [6, 6.07) is 3.59. The molecule has 1 aromatic rings. The van der Waals surface area contributed by atoms with Crippen molar-refractivity contribution in [3.63, 3.8) is 0 Å². The summed E-state index contributed by atoms with van der Waals surface area (Å²) in [6.07, 6.45) is 0. The van der Waals surface area contributed by atoms with Crippen molar-refractivity contribution in [3.05, 3.63) is 28.8 Å². The summed E-state index contributed by atoms with van der Waals surface area (Å²) in [5.41, 5.74) is 2.56. The minimum absolute atomic E-state index is 0.0876. The van der Waals surface area contributed by atoms with E-state index in [1.54, 1.807) is 13.1 Å². The van der Waals surface area contributed by atoms with Gasteiger partial charge in [0.05, 0.1) is 4.90 Å². The van der Waals surface area contributed by atoms with E-state index in [1.165, 1.54) is 4.31 Å². The zero-order valence-corrected chi connectivity index (χ0v) is 14.7. The molecule has 0 spiro atoms. The van der Waals surface area contributed by atoms with Crippen molar-refractivity contribution in [2.45, 2.75) is 45.4 Å². The fraction of sp³-hybridized carbons (Fsp3) is 0.600. The number of aryl methyl sites for hydroxylation is 2. The van der Waals surface area contributed by atoms with Crippen LogP contribution < -0.4 is 0 Å². The summed E-state index contributed by atoms with van der Waals surface area (Å²) in [5.74, 6) is 0.317. The highest BCUT2D eigenvalue weighted by Gasteiger charge is 2.27. The van der Waals surface area contributed by atoms with E-state index in [-0.39, 0.29) is 5.41 Å². The molecule has 0 N–H and O–H groups in total. The molecule has 0 amide bonds. The van der Waals surface area contributed by atoms with Gasteiger partial charge in [0.2, 0.25) is 10.0 Å². The number of sulfonamides is 1. The van der Waals surface area contributed by atoms with Crippen LogP contribution in [0.5, 0.6) is 0 Å². The van der Waals surface area contributed by atoms with E-state index in [4.69, 9.17) is 11.6 Å². The second-order valence-corrected chi connectivity index (χ2v) is 8.78. The third kappa shape index (κ3) is 3.96. The molecule has 3 nitrogen and oxygen atoms in total. The van der Waals surface area contributed by atoms with Gasteiger partial charge < -0.3 is 0 Å². The number of alkyl halides is 1. The van der Waals surface area contributed by atoms with E-state index >= 15 is 0 Å². The van der Waals surface area contributed by atoms with E-state index in [9.17, 15) is 8.42 Å². The van der Waals surface area contributed by atoms with Crippen LogP contribution >= 0.6 is 11.6 Å². The van der Waals surface area contributed by atoms with Gasteiger partial charge in [0.1, 0.15) is 0 Å². The minimum atomic E-state index is -3.48. The van der Waals surface area contributed by atoms with Crippen LogP contribution in [0.25, 0.3) is 0 Å². The SMILES string of the molecule is Cc1cc(C)c(S(=O)(=O)N(C)CC(C)(C)C)cc1CCl. The largest absolute Gasteiger partial charge is 0.243 e. The van der Waals surface area contributed by atoms with Crippen LogP contribution in [0.3, 0.4) is 0 Å². The van der Waals surface area contributed by atoms with E-state index in [0.717, 1.165) is 16.7 Å². The molecule has 20 heavy (non-hydrogen) atoms. The average molecular weight is 318 g/mol. The molecule has 0 bridgehead atoms. The standard InChI is InChI=1S/C15H24ClNO2S/c1-11-7-12(2)14(8-13(11)9-16)20(18,19)17(6)10-15(3,4)5/h7-8H,9-10H2,1-6H3. The van der Waals surface area contributed by atoms with Crippen LogP contribution in [-0.2, 0) is 15.9 Å². The van der Waals surface area contributed by atoms with Crippen LogP contribution in [0.2, 0.25) is 0 Å². The van der Waals surface area contributed by atoms with Crippen molar-refractivity contribution in [2.75, 3.05) is 13.6 Å². The lowest BCUT2D eigenvalue weighted by atomic mass is 9.97. The van der Waals surface area contributed by atoms with Gasteiger partial charge in [-0.15, -0.1) is 11.6 Å². The summed E-state index contributed by atoms with van der Waals surface area (Å²) in [4.78, 5) is 0.352. The van der Waals surface area contributed by atoms with Crippen LogP contribution in [0.15, 0.2) is 17.0 Å². The monoisotopic (exact) mass is 317 g/mol. The normalized spacial score (nSPS) is 13.0. The Hall–Kier alpha value is -0.580. The number of benzene rings is 1. The van der Waals surface area contributed by atoms with Gasteiger partial charge in [0.15, 0.2) is 0 Å². The third-order valence-electron chi connectivity index (χ3n) is 3.16. The first-order valence-electron chi connectivity index (χ1n) is 6.61. The molecule has 0 saturated heterocycles. The topological polar surface area (TPSA) is 37.4 Å². The number of halogens is 1. The molecule has 0 aromatic heterocycles. The van der Waals surface area contributed by atoms with Crippen LogP contribution in [0.4, 0.5) is 0 Å². The fourth-order valence-corrected chi connectivity index (χ4v) is 4.16. The Balaban J connectivity index is 3.29. The molecule has 1 rings (SSSR count). The zero-order chi connectivity index (χ0) is 15.7. The van der Waals surface area contributed by atoms with Crippen molar-refractivity contribution in [2.24, 2.45) is 5.41 Å². The summed E-state index contributed by atoms with van der Waals surface area (Å²) in [6.45, 7) is 10.3. The number of nitrogens with zero attached hydrogens (tertiary/aromatic N) is 1. The smallest absolute Gasteiger partial charge is 0.207 e. The highest BCUT2D eigenvalue weighted by atomic mass is 35.5. The van der Waals surface area contributed by atoms with Crippen molar-refractivity contribution in [1.29, 1.82) is 0 Å². The lowest BCUT2D eigenvalue weighted by Gasteiger charge is -2.27. The van der Waals surface area contributed by atoms with E-state index < -0.39 is 10.0 Å². The molecule has 0 aliphatic rings.